The number of hydrogen-bond acceptors (Lipinski definition) is 8. The van der Waals surface area contributed by atoms with E-state index in [0.29, 0.717) is 11.4 Å². The molecule has 2 N–H and O–H groups in total. The van der Waals surface area contributed by atoms with Crippen LogP contribution in [-0.4, -0.2) is 60.9 Å². The van der Waals surface area contributed by atoms with Crippen molar-refractivity contribution in [3.05, 3.63) is 69.1 Å². The molecule has 0 radical (unpaired) electrons. The molecular weight excluding hydrogens is 904 g/mol. The number of amides is 2. The lowest BCUT2D eigenvalue weighted by Crippen LogP contribution is -2.37. The number of cyclic esters (lactones) is 1. The predicted molar refractivity (Wildman–Crippen MR) is 249 cm³/mol. The number of halogens is 2. The van der Waals surface area contributed by atoms with Gasteiger partial charge < -0.3 is 23.7 Å². The molecule has 2 fully saturated rings. The zero-order valence-electron chi connectivity index (χ0n) is 36.5. The largest absolute Gasteiger partial charge is 0.455 e. The Morgan fingerprint density at radius 2 is 1.03 bits per heavy atom. The zero-order chi connectivity index (χ0) is 43.2. The fourth-order valence-corrected chi connectivity index (χ4v) is 9.29. The van der Waals surface area contributed by atoms with Crippen molar-refractivity contribution in [1.82, 2.24) is 0 Å². The van der Waals surface area contributed by atoms with Gasteiger partial charge in [-0.3, -0.25) is 10.6 Å². The summed E-state index contributed by atoms with van der Waals surface area (Å²) in [6, 6.07) is 14.9. The first-order valence-electron chi connectivity index (χ1n) is 23.4. The van der Waals surface area contributed by atoms with Gasteiger partial charge in [-0.1, -0.05) is 122 Å². The molecule has 0 saturated carbocycles. The Labute approximate surface area is 381 Å². The van der Waals surface area contributed by atoms with Crippen LogP contribution in [0.15, 0.2) is 69.1 Å². The number of carbonyl (C=O) groups excluding carboxylic acids is 3. The SMILES string of the molecule is CCCCCCCCCC[C@H](OC(=O)Nc1ccc(Br)cc1)[C@H]1CC[C@@H]([C@@H]2CC[C@H]([C@@H](CCCCCCCCCCC3=C[C@H](C)OC3=O)OC(=O)Nc3ccc(Br)cc3)O2)O1. The van der Waals surface area contributed by atoms with Crippen LogP contribution in [0.3, 0.4) is 0 Å². The van der Waals surface area contributed by atoms with Gasteiger partial charge in [0.05, 0.1) is 24.4 Å². The summed E-state index contributed by atoms with van der Waals surface area (Å²) in [6.07, 6.45) is 23.5. The van der Waals surface area contributed by atoms with E-state index in [1.165, 1.54) is 44.9 Å². The molecule has 5 rings (SSSR count). The highest BCUT2D eigenvalue weighted by Crippen LogP contribution is 2.36. The van der Waals surface area contributed by atoms with Crippen LogP contribution in [0, 0.1) is 0 Å². The summed E-state index contributed by atoms with van der Waals surface area (Å²) in [5.74, 6) is -0.154. The third-order valence-electron chi connectivity index (χ3n) is 12.1. The molecule has 3 aliphatic rings. The van der Waals surface area contributed by atoms with Crippen LogP contribution in [-0.2, 0) is 28.5 Å². The summed E-state index contributed by atoms with van der Waals surface area (Å²) in [6.45, 7) is 4.14. The third-order valence-corrected chi connectivity index (χ3v) is 13.2. The molecule has 0 aliphatic carbocycles. The van der Waals surface area contributed by atoms with Gasteiger partial charge in [-0.25, -0.2) is 14.4 Å². The first-order valence-corrected chi connectivity index (χ1v) is 24.9. The van der Waals surface area contributed by atoms with E-state index in [1.54, 1.807) is 0 Å². The minimum absolute atomic E-state index is 0.0942. The molecule has 3 heterocycles. The molecule has 7 atom stereocenters. The van der Waals surface area contributed by atoms with Crippen molar-refractivity contribution in [2.24, 2.45) is 0 Å². The normalized spacial score (nSPS) is 22.1. The highest BCUT2D eigenvalue weighted by Gasteiger charge is 2.43. The van der Waals surface area contributed by atoms with E-state index < -0.39 is 12.2 Å². The van der Waals surface area contributed by atoms with Gasteiger partial charge in [0.1, 0.15) is 18.3 Å². The number of anilines is 2. The van der Waals surface area contributed by atoms with Crippen molar-refractivity contribution in [3.8, 4) is 0 Å². The number of nitrogens with one attached hydrogen (secondary N) is 2. The maximum Gasteiger partial charge on any atom is 0.411 e. The Morgan fingerprint density at radius 3 is 1.44 bits per heavy atom. The standard InChI is InChI=1S/C49H70Br2N2O8/c1-3-4-5-6-7-11-14-17-20-41(60-48(55)52-39-26-22-37(50)23-27-39)43-30-32-45(58-43)46-33-31-44(59-46)42(61-49(56)53-40-28-24-38(51)25-29-40)21-18-15-12-9-8-10-13-16-19-36-34-35(2)57-47(36)54/h22-29,34-35,41-46H,3-21,30-33H2,1-2H3,(H,52,55)(H,53,56)/t35-,41-,42+,43+,44+,45-,46-/m0/s1. The van der Waals surface area contributed by atoms with Crippen molar-refractivity contribution in [3.63, 3.8) is 0 Å². The highest BCUT2D eigenvalue weighted by molar-refractivity contribution is 9.10. The summed E-state index contributed by atoms with van der Waals surface area (Å²) < 4.78 is 32.7. The quantitative estimate of drug-likeness (QED) is 0.0516. The van der Waals surface area contributed by atoms with E-state index in [2.05, 4.69) is 49.4 Å². The van der Waals surface area contributed by atoms with Gasteiger partial charge >= 0.3 is 18.2 Å². The molecule has 2 amide bonds. The van der Waals surface area contributed by atoms with Gasteiger partial charge in [-0.2, -0.15) is 0 Å². The molecule has 61 heavy (non-hydrogen) atoms. The smallest absolute Gasteiger partial charge is 0.411 e. The Morgan fingerprint density at radius 1 is 0.623 bits per heavy atom. The second kappa shape index (κ2) is 27.3. The van der Waals surface area contributed by atoms with E-state index in [0.717, 1.165) is 117 Å². The molecule has 2 aromatic carbocycles. The Bertz CT molecular complexity index is 1640. The van der Waals surface area contributed by atoms with Gasteiger partial charge in [0, 0.05) is 25.9 Å². The van der Waals surface area contributed by atoms with Crippen molar-refractivity contribution >= 4 is 61.4 Å². The number of esters is 1. The first-order chi connectivity index (χ1) is 29.7. The maximum absolute atomic E-state index is 13.2. The van der Waals surface area contributed by atoms with Crippen LogP contribution in [0.5, 0.6) is 0 Å². The lowest BCUT2D eigenvalue weighted by Gasteiger charge is -2.27. The molecular formula is C49H70Br2N2O8. The summed E-state index contributed by atoms with van der Waals surface area (Å²) in [7, 11) is 0. The number of rotatable bonds is 27. The van der Waals surface area contributed by atoms with E-state index in [4.69, 9.17) is 23.7 Å². The summed E-state index contributed by atoms with van der Waals surface area (Å²) >= 11 is 6.91. The summed E-state index contributed by atoms with van der Waals surface area (Å²) in [5, 5.41) is 5.79. The molecule has 338 valence electrons. The average molecular weight is 975 g/mol. The third kappa shape index (κ3) is 18.0. The summed E-state index contributed by atoms with van der Waals surface area (Å²) in [4.78, 5) is 38.2. The molecule has 2 saturated heterocycles. The van der Waals surface area contributed by atoms with E-state index >= 15 is 0 Å². The first kappa shape index (κ1) is 49.1. The van der Waals surface area contributed by atoms with Crippen LogP contribution in [0.1, 0.15) is 162 Å². The van der Waals surface area contributed by atoms with Gasteiger partial charge in [0.15, 0.2) is 0 Å². The minimum atomic E-state index is -0.477. The fraction of sp³-hybridized carbons (Fsp3) is 0.653. The molecule has 0 bridgehead atoms. The van der Waals surface area contributed by atoms with Crippen LogP contribution in [0.4, 0.5) is 21.0 Å². The Kier molecular flexibility index (Phi) is 22.0. The molecule has 0 unspecified atom stereocenters. The Balaban J connectivity index is 1.09. The van der Waals surface area contributed by atoms with Gasteiger partial charge in [0.2, 0.25) is 0 Å². The lowest BCUT2D eigenvalue weighted by molar-refractivity contribution is -0.139. The minimum Gasteiger partial charge on any atom is -0.455 e. The van der Waals surface area contributed by atoms with Gasteiger partial charge in [-0.05, 0) is 126 Å². The van der Waals surface area contributed by atoms with Crippen LogP contribution in [0.2, 0.25) is 0 Å². The molecule has 2 aromatic rings. The van der Waals surface area contributed by atoms with E-state index in [9.17, 15) is 14.4 Å². The van der Waals surface area contributed by atoms with E-state index in [-0.39, 0.29) is 48.7 Å². The maximum atomic E-state index is 13.2. The average Bonchev–Trinajstić information content (AvgIpc) is 4.01. The molecule has 12 heteroatoms. The van der Waals surface area contributed by atoms with Crippen LogP contribution >= 0.6 is 31.9 Å². The highest BCUT2D eigenvalue weighted by atomic mass is 79.9. The Hall–Kier alpha value is -2.93. The topological polar surface area (TPSA) is 121 Å². The lowest BCUT2D eigenvalue weighted by atomic mass is 10.00. The predicted octanol–water partition coefficient (Wildman–Crippen LogP) is 14.1. The summed E-state index contributed by atoms with van der Waals surface area (Å²) in [5.41, 5.74) is 2.18. The monoisotopic (exact) mass is 972 g/mol. The van der Waals surface area contributed by atoms with Crippen LogP contribution in [0.25, 0.3) is 0 Å². The van der Waals surface area contributed by atoms with Gasteiger partial charge in [-0.15, -0.1) is 0 Å². The number of carbonyl (C=O) groups is 3. The van der Waals surface area contributed by atoms with Crippen molar-refractivity contribution in [2.45, 2.75) is 204 Å². The number of hydrogen-bond donors (Lipinski definition) is 2. The molecule has 10 nitrogen and oxygen atoms in total. The zero-order valence-corrected chi connectivity index (χ0v) is 39.7. The second-order valence-corrected chi connectivity index (χ2v) is 19.0. The fourth-order valence-electron chi connectivity index (χ4n) is 8.77. The molecule has 0 aromatic heterocycles. The second-order valence-electron chi connectivity index (χ2n) is 17.2. The molecule has 3 aliphatic heterocycles. The van der Waals surface area contributed by atoms with Crippen LogP contribution < -0.4 is 10.6 Å². The molecule has 0 spiro atoms. The van der Waals surface area contributed by atoms with Crippen molar-refractivity contribution in [2.75, 3.05) is 10.6 Å². The van der Waals surface area contributed by atoms with Crippen molar-refractivity contribution in [1.29, 1.82) is 0 Å². The number of unbranched alkanes of at least 4 members (excludes halogenated alkanes) is 14. The van der Waals surface area contributed by atoms with Crippen molar-refractivity contribution < 1.29 is 38.1 Å². The number of ether oxygens (including phenoxy) is 5. The number of benzene rings is 2. The van der Waals surface area contributed by atoms with E-state index in [1.807, 2.05) is 61.5 Å². The van der Waals surface area contributed by atoms with Gasteiger partial charge in [0.25, 0.3) is 0 Å².